The van der Waals surface area contributed by atoms with Crippen LogP contribution in [0.4, 0.5) is 32.0 Å². The number of benzene rings is 2. The molecule has 2 fully saturated rings. The molecule has 0 bridgehead atoms. The van der Waals surface area contributed by atoms with Crippen molar-refractivity contribution in [2.24, 2.45) is 5.92 Å². The molecule has 2 aromatic carbocycles. The lowest BCUT2D eigenvalue weighted by atomic mass is 9.94. The molecule has 1 amide bonds. The fraction of sp³-hybridized carbons (Fsp3) is 0.484. The summed E-state index contributed by atoms with van der Waals surface area (Å²) in [5.41, 5.74) is -5.14. The van der Waals surface area contributed by atoms with Crippen molar-refractivity contribution in [1.82, 2.24) is 9.80 Å². The van der Waals surface area contributed by atoms with Gasteiger partial charge in [-0.1, -0.05) is 36.5 Å². The molecule has 2 N–H and O–H groups in total. The Morgan fingerprint density at radius 2 is 1.63 bits per heavy atom. The highest BCUT2D eigenvalue weighted by molar-refractivity contribution is 7.99. The van der Waals surface area contributed by atoms with Crippen molar-refractivity contribution < 1.29 is 50.9 Å². The van der Waals surface area contributed by atoms with Gasteiger partial charge >= 0.3 is 18.3 Å². The van der Waals surface area contributed by atoms with Crippen LogP contribution in [0.3, 0.4) is 0 Å². The SMILES string of the molecule is C=C(C(=O)N1CCN(CCOC(C)O)CC1)c1ccc(Sc2ccccc2N2CCCC(C(=O)O)C2)c(C(F)(F)F)c1C(F)(F)F. The Balaban J connectivity index is 1.64. The van der Waals surface area contributed by atoms with Crippen molar-refractivity contribution in [2.45, 2.75) is 48.2 Å². The summed E-state index contributed by atoms with van der Waals surface area (Å²) in [5.74, 6) is -2.59. The van der Waals surface area contributed by atoms with Crippen LogP contribution in [0.2, 0.25) is 0 Å². The quantitative estimate of drug-likeness (QED) is 0.189. The highest BCUT2D eigenvalue weighted by Crippen LogP contribution is 2.50. The van der Waals surface area contributed by atoms with Crippen LogP contribution in [0, 0.1) is 5.92 Å². The first-order chi connectivity index (χ1) is 21.6. The van der Waals surface area contributed by atoms with E-state index in [1.54, 1.807) is 17.0 Å². The first kappa shape index (κ1) is 35.6. The molecule has 0 aliphatic carbocycles. The Bertz CT molecular complexity index is 1430. The standard InChI is InChI=1S/C31H35F6N3O5S/c1-19(28(42)39-14-12-38(13-15-39)16-17-45-20(2)41)22-9-10-25(27(31(35,36)37)26(22)30(32,33)34)46-24-8-4-3-7-23(24)40-11-5-6-21(18-40)29(43)44/h3-4,7-10,20-21,41H,1,5-6,11-18H2,2H3,(H,43,44). The summed E-state index contributed by atoms with van der Waals surface area (Å²) in [6, 6.07) is 8.01. The third kappa shape index (κ3) is 8.55. The topological polar surface area (TPSA) is 93.6 Å². The summed E-state index contributed by atoms with van der Waals surface area (Å²) in [5, 5.41) is 18.7. The number of piperazine rings is 1. The zero-order valence-electron chi connectivity index (χ0n) is 25.0. The van der Waals surface area contributed by atoms with Crippen LogP contribution in [0.15, 0.2) is 52.8 Å². The van der Waals surface area contributed by atoms with E-state index in [1.807, 2.05) is 4.90 Å². The minimum Gasteiger partial charge on any atom is -0.481 e. The Morgan fingerprint density at radius 1 is 0.978 bits per heavy atom. The van der Waals surface area contributed by atoms with Crippen LogP contribution < -0.4 is 4.90 Å². The van der Waals surface area contributed by atoms with Crippen molar-refractivity contribution in [1.29, 1.82) is 0 Å². The number of rotatable bonds is 10. The molecule has 2 aliphatic rings. The Hall–Kier alpha value is -3.27. The first-order valence-corrected chi connectivity index (χ1v) is 15.5. The van der Waals surface area contributed by atoms with Gasteiger partial charge in [0.25, 0.3) is 5.91 Å². The van der Waals surface area contributed by atoms with Gasteiger partial charge in [-0.05, 0) is 43.5 Å². The van der Waals surface area contributed by atoms with E-state index in [-0.39, 0.29) is 31.1 Å². The average molecular weight is 676 g/mol. The van der Waals surface area contributed by atoms with Crippen LogP contribution in [0.25, 0.3) is 5.57 Å². The van der Waals surface area contributed by atoms with Gasteiger partial charge < -0.3 is 24.7 Å². The molecule has 46 heavy (non-hydrogen) atoms. The molecule has 4 rings (SSSR count). The van der Waals surface area contributed by atoms with Crippen molar-refractivity contribution in [3.63, 3.8) is 0 Å². The maximum Gasteiger partial charge on any atom is 0.418 e. The second kappa shape index (κ2) is 14.7. The Morgan fingerprint density at radius 3 is 2.24 bits per heavy atom. The number of anilines is 1. The number of carbonyl (C=O) groups is 2. The predicted octanol–water partition coefficient (Wildman–Crippen LogP) is 5.69. The number of aliphatic carboxylic acids is 1. The molecular formula is C31H35F6N3O5S. The van der Waals surface area contributed by atoms with E-state index in [9.17, 15) is 46.1 Å². The van der Waals surface area contributed by atoms with Crippen molar-refractivity contribution in [3.05, 3.63) is 59.7 Å². The molecule has 2 aliphatic heterocycles. The highest BCUT2D eigenvalue weighted by atomic mass is 32.2. The number of halogens is 6. The lowest BCUT2D eigenvalue weighted by Gasteiger charge is -2.35. The average Bonchev–Trinajstić information content (AvgIpc) is 2.99. The molecule has 252 valence electrons. The van der Waals surface area contributed by atoms with Gasteiger partial charge in [0.1, 0.15) is 0 Å². The highest BCUT2D eigenvalue weighted by Gasteiger charge is 2.48. The van der Waals surface area contributed by atoms with E-state index >= 15 is 0 Å². The van der Waals surface area contributed by atoms with Crippen LogP contribution >= 0.6 is 11.8 Å². The van der Waals surface area contributed by atoms with E-state index in [0.717, 1.165) is 12.1 Å². The summed E-state index contributed by atoms with van der Waals surface area (Å²) in [6.45, 7) is 7.12. The number of carboxylic acids is 1. The van der Waals surface area contributed by atoms with Gasteiger partial charge in [0.15, 0.2) is 6.29 Å². The number of alkyl halides is 6. The number of carbonyl (C=O) groups excluding carboxylic acids is 1. The van der Waals surface area contributed by atoms with Crippen LogP contribution in [0.1, 0.15) is 36.5 Å². The number of amides is 1. The van der Waals surface area contributed by atoms with Gasteiger partial charge in [-0.15, -0.1) is 0 Å². The maximum absolute atomic E-state index is 14.6. The number of para-hydroxylation sites is 1. The number of piperidine rings is 1. The van der Waals surface area contributed by atoms with Gasteiger partial charge in [-0.25, -0.2) is 0 Å². The summed E-state index contributed by atoms with van der Waals surface area (Å²) in [6.07, 6.45) is -10.9. The van der Waals surface area contributed by atoms with Crippen molar-refractivity contribution >= 4 is 34.9 Å². The summed E-state index contributed by atoms with van der Waals surface area (Å²) in [7, 11) is 0. The van der Waals surface area contributed by atoms with E-state index in [0.29, 0.717) is 56.5 Å². The van der Waals surface area contributed by atoms with Gasteiger partial charge in [0, 0.05) is 61.2 Å². The first-order valence-electron chi connectivity index (χ1n) is 14.6. The number of hydrogen-bond donors (Lipinski definition) is 2. The molecule has 2 aromatic rings. The second-order valence-corrected chi connectivity index (χ2v) is 12.2. The maximum atomic E-state index is 14.6. The molecule has 0 radical (unpaired) electrons. The summed E-state index contributed by atoms with van der Waals surface area (Å²) < 4.78 is 92.5. The van der Waals surface area contributed by atoms with Gasteiger partial charge in [-0.3, -0.25) is 14.5 Å². The third-order valence-electron chi connectivity index (χ3n) is 7.94. The minimum absolute atomic E-state index is 0.109. The normalized spacial score (nSPS) is 18.8. The Kier molecular flexibility index (Phi) is 11.3. The molecule has 15 heteroatoms. The fourth-order valence-electron chi connectivity index (χ4n) is 5.65. The van der Waals surface area contributed by atoms with Crippen LogP contribution in [-0.2, 0) is 26.7 Å². The number of aliphatic hydroxyl groups excluding tert-OH is 1. The number of carboxylic acid groups (broad SMARTS) is 1. The lowest BCUT2D eigenvalue weighted by Crippen LogP contribution is -2.49. The summed E-state index contributed by atoms with van der Waals surface area (Å²) >= 11 is 0.501. The molecule has 2 atom stereocenters. The van der Waals surface area contributed by atoms with Crippen LogP contribution in [0.5, 0.6) is 0 Å². The molecule has 2 saturated heterocycles. The third-order valence-corrected chi connectivity index (χ3v) is 9.07. The zero-order chi connectivity index (χ0) is 33.8. The smallest absolute Gasteiger partial charge is 0.418 e. The largest absolute Gasteiger partial charge is 0.481 e. The molecule has 0 aromatic heterocycles. The molecule has 2 unspecified atom stereocenters. The monoisotopic (exact) mass is 675 g/mol. The van der Waals surface area contributed by atoms with Crippen LogP contribution in [-0.4, -0.2) is 90.6 Å². The molecule has 0 saturated carbocycles. The predicted molar refractivity (Wildman–Crippen MR) is 159 cm³/mol. The number of ether oxygens (including phenoxy) is 1. The number of nitrogens with zero attached hydrogens (tertiary/aromatic N) is 3. The van der Waals surface area contributed by atoms with E-state index in [4.69, 9.17) is 4.74 Å². The number of aliphatic hydroxyl groups is 1. The number of hydrogen-bond acceptors (Lipinski definition) is 7. The van der Waals surface area contributed by atoms with E-state index in [2.05, 4.69) is 6.58 Å². The van der Waals surface area contributed by atoms with Crippen molar-refractivity contribution in [2.75, 3.05) is 57.3 Å². The fourth-order valence-corrected chi connectivity index (χ4v) is 6.79. The molecule has 8 nitrogen and oxygen atoms in total. The van der Waals surface area contributed by atoms with Crippen molar-refractivity contribution in [3.8, 4) is 0 Å². The molecular weight excluding hydrogens is 640 g/mol. The van der Waals surface area contributed by atoms with Gasteiger partial charge in [0.05, 0.1) is 29.3 Å². The van der Waals surface area contributed by atoms with Gasteiger partial charge in [-0.2, -0.15) is 26.3 Å². The molecule has 0 spiro atoms. The van der Waals surface area contributed by atoms with E-state index < -0.39 is 63.6 Å². The lowest BCUT2D eigenvalue weighted by molar-refractivity contribution is -0.163. The minimum atomic E-state index is -5.48. The second-order valence-electron chi connectivity index (χ2n) is 11.1. The summed E-state index contributed by atoms with van der Waals surface area (Å²) in [4.78, 5) is 29.3. The van der Waals surface area contributed by atoms with Gasteiger partial charge in [0.2, 0.25) is 0 Å². The van der Waals surface area contributed by atoms with E-state index in [1.165, 1.54) is 24.0 Å². The molecule has 2 heterocycles. The zero-order valence-corrected chi connectivity index (χ0v) is 25.9. The Labute approximate surface area is 266 Å².